The number of phenols is 2. The lowest BCUT2D eigenvalue weighted by Gasteiger charge is -2.29. The number of aromatic hydroxyl groups is 2. The third-order valence-corrected chi connectivity index (χ3v) is 7.24. The zero-order valence-electron chi connectivity index (χ0n) is 24.3. The first-order valence-electron chi connectivity index (χ1n) is 13.6. The van der Waals surface area contributed by atoms with E-state index in [4.69, 9.17) is 0 Å². The predicted octanol–water partition coefficient (Wildman–Crippen LogP) is 9.43. The van der Waals surface area contributed by atoms with E-state index in [9.17, 15) is 10.2 Å². The van der Waals surface area contributed by atoms with Gasteiger partial charge in [-0.25, -0.2) is 0 Å². The molecule has 2 heteroatoms. The van der Waals surface area contributed by atoms with Gasteiger partial charge in [-0.15, -0.1) is 0 Å². The number of aryl methyl sites for hydroxylation is 2. The van der Waals surface area contributed by atoms with Crippen molar-refractivity contribution in [2.45, 2.75) is 113 Å². The van der Waals surface area contributed by atoms with Crippen LogP contribution in [0, 0.1) is 22.7 Å². The lowest BCUT2D eigenvalue weighted by Crippen LogP contribution is -2.20. The molecule has 35 heavy (non-hydrogen) atoms. The van der Waals surface area contributed by atoms with Crippen molar-refractivity contribution < 1.29 is 10.2 Å². The third-order valence-electron chi connectivity index (χ3n) is 7.24. The van der Waals surface area contributed by atoms with Gasteiger partial charge >= 0.3 is 0 Å². The summed E-state index contributed by atoms with van der Waals surface area (Å²) in [6.45, 7) is 22.7. The second kappa shape index (κ2) is 11.4. The van der Waals surface area contributed by atoms with Gasteiger partial charge in [0.05, 0.1) is 0 Å². The molecule has 0 saturated carbocycles. The highest BCUT2D eigenvalue weighted by Gasteiger charge is 2.30. The fourth-order valence-electron chi connectivity index (χ4n) is 5.74. The minimum Gasteiger partial charge on any atom is -0.508 e. The van der Waals surface area contributed by atoms with Crippen molar-refractivity contribution in [2.75, 3.05) is 0 Å². The van der Waals surface area contributed by atoms with E-state index in [1.54, 1.807) is 0 Å². The van der Waals surface area contributed by atoms with E-state index in [1.165, 1.54) is 24.0 Å². The van der Waals surface area contributed by atoms with Crippen LogP contribution in [0.4, 0.5) is 0 Å². The minimum atomic E-state index is -0.506. The summed E-state index contributed by atoms with van der Waals surface area (Å²) < 4.78 is 0. The van der Waals surface area contributed by atoms with Crippen molar-refractivity contribution in [1.82, 2.24) is 0 Å². The van der Waals surface area contributed by atoms with Crippen molar-refractivity contribution in [3.05, 3.63) is 58.7 Å². The van der Waals surface area contributed by atoms with Crippen molar-refractivity contribution in [3.63, 3.8) is 0 Å². The Kier molecular flexibility index (Phi) is 9.53. The van der Waals surface area contributed by atoms with Gasteiger partial charge in [0, 0.05) is 16.5 Å². The molecule has 0 aliphatic heterocycles. The Hall–Kier alpha value is -1.96. The zero-order chi connectivity index (χ0) is 26.6. The zero-order valence-corrected chi connectivity index (χ0v) is 24.3. The molecule has 0 amide bonds. The van der Waals surface area contributed by atoms with Gasteiger partial charge in [-0.05, 0) is 84.5 Å². The first-order chi connectivity index (χ1) is 16.0. The average Bonchev–Trinajstić information content (AvgIpc) is 2.69. The van der Waals surface area contributed by atoms with Crippen LogP contribution < -0.4 is 0 Å². The molecular weight excluding hydrogens is 428 g/mol. The summed E-state index contributed by atoms with van der Waals surface area (Å²) >= 11 is 0. The smallest absolute Gasteiger partial charge is 0.119 e. The van der Waals surface area contributed by atoms with E-state index in [0.29, 0.717) is 34.2 Å². The molecule has 0 spiro atoms. The van der Waals surface area contributed by atoms with Crippen LogP contribution >= 0.6 is 0 Å². The van der Waals surface area contributed by atoms with Crippen LogP contribution in [0.25, 0.3) is 0 Å². The molecule has 2 aromatic rings. The highest BCUT2D eigenvalue weighted by Crippen LogP contribution is 2.42. The van der Waals surface area contributed by atoms with E-state index in [-0.39, 0.29) is 0 Å². The molecule has 0 fully saturated rings. The van der Waals surface area contributed by atoms with E-state index in [1.807, 2.05) is 24.3 Å². The van der Waals surface area contributed by atoms with Gasteiger partial charge in [0.1, 0.15) is 11.5 Å². The lowest BCUT2D eigenvalue weighted by atomic mass is 9.75. The molecule has 2 nitrogen and oxygen atoms in total. The number of benzene rings is 2. The largest absolute Gasteiger partial charge is 0.508 e. The number of hydrogen-bond acceptors (Lipinski definition) is 2. The Bertz CT molecular complexity index is 879. The van der Waals surface area contributed by atoms with Crippen LogP contribution in [0.15, 0.2) is 36.4 Å². The Morgan fingerprint density at radius 2 is 0.943 bits per heavy atom. The van der Waals surface area contributed by atoms with Crippen LogP contribution in [0.1, 0.15) is 117 Å². The summed E-state index contributed by atoms with van der Waals surface area (Å²) in [5.74, 6) is 1.90. The summed E-state index contributed by atoms with van der Waals surface area (Å²) in [6, 6.07) is 12.1. The molecular formula is C33H52O2. The topological polar surface area (TPSA) is 40.5 Å². The van der Waals surface area contributed by atoms with Crippen molar-refractivity contribution >= 4 is 0 Å². The molecule has 0 aliphatic carbocycles. The van der Waals surface area contributed by atoms with Crippen molar-refractivity contribution in [2.24, 2.45) is 22.7 Å². The van der Waals surface area contributed by atoms with Gasteiger partial charge in [0.25, 0.3) is 0 Å². The van der Waals surface area contributed by atoms with Gasteiger partial charge in [-0.2, -0.15) is 0 Å². The van der Waals surface area contributed by atoms with E-state index >= 15 is 0 Å². The average molecular weight is 481 g/mol. The molecule has 0 radical (unpaired) electrons. The first kappa shape index (κ1) is 29.3. The molecule has 2 rings (SSSR count). The quantitative estimate of drug-likeness (QED) is 0.355. The Labute approximate surface area is 216 Å². The van der Waals surface area contributed by atoms with Crippen LogP contribution in [-0.2, 0) is 18.3 Å². The summed E-state index contributed by atoms with van der Waals surface area (Å²) in [6.07, 6.45) is 6.68. The summed E-state index contributed by atoms with van der Waals surface area (Å²) in [4.78, 5) is 0. The molecule has 2 atom stereocenters. The lowest BCUT2D eigenvalue weighted by molar-refractivity contribution is 0.296. The molecule has 2 aromatic carbocycles. The molecule has 0 bridgehead atoms. The van der Waals surface area contributed by atoms with Crippen LogP contribution in [-0.4, -0.2) is 10.2 Å². The fraction of sp³-hybridized carbons (Fsp3) is 0.636. The number of phenolic OH excluding ortho intramolecular Hbond substituents is 2. The maximum atomic E-state index is 10.8. The summed E-state index contributed by atoms with van der Waals surface area (Å²) in [7, 11) is 0. The van der Waals surface area contributed by atoms with E-state index in [2.05, 4.69) is 81.4 Å². The van der Waals surface area contributed by atoms with E-state index < -0.39 is 5.41 Å². The SMILES string of the molecule is CC(CCc1ccc(O)c(C(C)(C)c2cc(CCC(C)CC(C)(C)C)ccc2O)c1)CC(C)(C)C. The molecule has 2 N–H and O–H groups in total. The molecule has 2 unspecified atom stereocenters. The Balaban J connectivity index is 2.23. The van der Waals surface area contributed by atoms with Gasteiger partial charge in [-0.1, -0.05) is 93.5 Å². The van der Waals surface area contributed by atoms with Gasteiger partial charge in [0.2, 0.25) is 0 Å². The summed E-state index contributed by atoms with van der Waals surface area (Å²) in [5.41, 5.74) is 4.44. The molecule has 0 aromatic heterocycles. The maximum absolute atomic E-state index is 10.8. The molecule has 196 valence electrons. The Morgan fingerprint density at radius 1 is 0.600 bits per heavy atom. The Morgan fingerprint density at radius 3 is 1.26 bits per heavy atom. The first-order valence-corrected chi connectivity index (χ1v) is 13.6. The van der Waals surface area contributed by atoms with E-state index in [0.717, 1.165) is 36.8 Å². The second-order valence-corrected chi connectivity index (χ2v) is 14.1. The van der Waals surface area contributed by atoms with Crippen LogP contribution in [0.3, 0.4) is 0 Å². The second-order valence-electron chi connectivity index (χ2n) is 14.1. The number of hydrogen-bond donors (Lipinski definition) is 2. The standard InChI is InChI=1S/C33H52O2/c1-23(21-31(3,4)5)11-13-25-15-17-29(34)27(19-25)33(9,10)28-20-26(16-18-30(28)35)14-12-24(2)22-32(6,7)8/h15-20,23-24,34-35H,11-14,21-22H2,1-10H3. The monoisotopic (exact) mass is 480 g/mol. The molecule has 0 heterocycles. The predicted molar refractivity (Wildman–Crippen MR) is 151 cm³/mol. The maximum Gasteiger partial charge on any atom is 0.119 e. The third kappa shape index (κ3) is 9.21. The minimum absolute atomic E-state index is 0.296. The molecule has 0 aliphatic rings. The normalized spacial score (nSPS) is 14.7. The summed E-state index contributed by atoms with van der Waals surface area (Å²) in [5, 5.41) is 21.6. The van der Waals surface area contributed by atoms with Crippen molar-refractivity contribution in [3.8, 4) is 11.5 Å². The number of rotatable bonds is 10. The molecule has 0 saturated heterocycles. The van der Waals surface area contributed by atoms with Crippen LogP contribution in [0.2, 0.25) is 0 Å². The van der Waals surface area contributed by atoms with Gasteiger partial charge < -0.3 is 10.2 Å². The highest BCUT2D eigenvalue weighted by atomic mass is 16.3. The highest BCUT2D eigenvalue weighted by molar-refractivity contribution is 5.52. The van der Waals surface area contributed by atoms with Crippen molar-refractivity contribution in [1.29, 1.82) is 0 Å². The van der Waals surface area contributed by atoms with Gasteiger partial charge in [0.15, 0.2) is 0 Å². The van der Waals surface area contributed by atoms with Gasteiger partial charge in [-0.3, -0.25) is 0 Å². The fourth-order valence-corrected chi connectivity index (χ4v) is 5.74. The van der Waals surface area contributed by atoms with Crippen LogP contribution in [0.5, 0.6) is 11.5 Å².